The molecular weight excluding hydrogens is 288 g/mol. The number of primary amides is 1. The summed E-state index contributed by atoms with van der Waals surface area (Å²) in [6, 6.07) is 17.6. The van der Waals surface area contributed by atoms with Crippen molar-refractivity contribution in [3.8, 4) is 5.75 Å². The highest BCUT2D eigenvalue weighted by atomic mass is 16.5. The van der Waals surface area contributed by atoms with Gasteiger partial charge in [0.05, 0.1) is 13.2 Å². The second kappa shape index (κ2) is 8.34. The number of carbonyl (C=O) groups excluding carboxylic acids is 1. The Bertz CT molecular complexity index is 628. The molecule has 23 heavy (non-hydrogen) atoms. The molecule has 0 saturated heterocycles. The van der Waals surface area contributed by atoms with Crippen molar-refractivity contribution in [3.63, 3.8) is 0 Å². The normalized spacial score (nSPS) is 13.3. The van der Waals surface area contributed by atoms with Crippen molar-refractivity contribution in [1.82, 2.24) is 5.32 Å². The van der Waals surface area contributed by atoms with Gasteiger partial charge in [-0.1, -0.05) is 42.5 Å². The minimum Gasteiger partial charge on any atom is -0.497 e. The van der Waals surface area contributed by atoms with E-state index in [0.717, 1.165) is 17.7 Å². The van der Waals surface area contributed by atoms with Gasteiger partial charge in [0.25, 0.3) is 0 Å². The van der Waals surface area contributed by atoms with Crippen LogP contribution in [0.4, 0.5) is 0 Å². The summed E-state index contributed by atoms with van der Waals surface area (Å²) in [7, 11) is 1.64. The molecule has 4 nitrogen and oxygen atoms in total. The van der Waals surface area contributed by atoms with Gasteiger partial charge in [-0.05, 0) is 43.0 Å². The van der Waals surface area contributed by atoms with Crippen LogP contribution in [0.2, 0.25) is 0 Å². The van der Waals surface area contributed by atoms with Gasteiger partial charge in [-0.15, -0.1) is 0 Å². The highest BCUT2D eigenvalue weighted by molar-refractivity contribution is 5.79. The third kappa shape index (κ3) is 5.11. The molecule has 122 valence electrons. The van der Waals surface area contributed by atoms with Crippen LogP contribution < -0.4 is 15.8 Å². The molecule has 0 radical (unpaired) electrons. The topological polar surface area (TPSA) is 64.3 Å². The van der Waals surface area contributed by atoms with Crippen molar-refractivity contribution >= 4 is 5.91 Å². The number of aryl methyl sites for hydroxylation is 1. The first-order chi connectivity index (χ1) is 11.1. The van der Waals surface area contributed by atoms with Crippen LogP contribution >= 0.6 is 0 Å². The molecule has 0 aliphatic heterocycles. The Labute approximate surface area is 137 Å². The predicted octanol–water partition coefficient (Wildman–Crippen LogP) is 2.83. The number of carbonyl (C=O) groups is 1. The number of rotatable bonds is 8. The summed E-state index contributed by atoms with van der Waals surface area (Å²) in [5, 5.41) is 3.32. The molecule has 0 aliphatic carbocycles. The fraction of sp³-hybridized carbons (Fsp3) is 0.316. The molecule has 0 aliphatic rings. The van der Waals surface area contributed by atoms with Gasteiger partial charge in [-0.25, -0.2) is 0 Å². The molecule has 0 spiro atoms. The molecule has 2 rings (SSSR count). The van der Waals surface area contributed by atoms with E-state index < -0.39 is 0 Å². The van der Waals surface area contributed by atoms with E-state index >= 15 is 0 Å². The monoisotopic (exact) mass is 312 g/mol. The third-order valence-corrected chi connectivity index (χ3v) is 3.95. The Morgan fingerprint density at radius 2 is 1.91 bits per heavy atom. The summed E-state index contributed by atoms with van der Waals surface area (Å²) in [4.78, 5) is 11.7. The van der Waals surface area contributed by atoms with Crippen molar-refractivity contribution in [1.29, 1.82) is 0 Å². The Balaban J connectivity index is 1.99. The van der Waals surface area contributed by atoms with Gasteiger partial charge >= 0.3 is 0 Å². The van der Waals surface area contributed by atoms with Crippen LogP contribution in [-0.4, -0.2) is 19.1 Å². The SMILES string of the molecule is COc1cccc(C(C)NC(CCc2ccccc2)C(N)=O)c1. The van der Waals surface area contributed by atoms with E-state index in [1.165, 1.54) is 5.56 Å². The lowest BCUT2D eigenvalue weighted by Gasteiger charge is -2.21. The zero-order valence-electron chi connectivity index (χ0n) is 13.7. The number of nitrogens with one attached hydrogen (secondary N) is 1. The first kappa shape index (κ1) is 17.0. The zero-order valence-corrected chi connectivity index (χ0v) is 13.7. The summed E-state index contributed by atoms with van der Waals surface area (Å²) in [6.45, 7) is 2.02. The summed E-state index contributed by atoms with van der Waals surface area (Å²) in [5.41, 5.74) is 7.83. The number of benzene rings is 2. The maximum atomic E-state index is 11.7. The molecule has 1 amide bonds. The van der Waals surface area contributed by atoms with Crippen molar-refractivity contribution < 1.29 is 9.53 Å². The van der Waals surface area contributed by atoms with E-state index in [9.17, 15) is 4.79 Å². The van der Waals surface area contributed by atoms with E-state index in [1.54, 1.807) is 7.11 Å². The van der Waals surface area contributed by atoms with Gasteiger partial charge < -0.3 is 10.5 Å². The number of amides is 1. The first-order valence-electron chi connectivity index (χ1n) is 7.83. The van der Waals surface area contributed by atoms with Crippen LogP contribution in [0.15, 0.2) is 54.6 Å². The lowest BCUT2D eigenvalue weighted by atomic mass is 10.0. The largest absolute Gasteiger partial charge is 0.497 e. The highest BCUT2D eigenvalue weighted by Crippen LogP contribution is 2.19. The van der Waals surface area contributed by atoms with Crippen LogP contribution in [0.5, 0.6) is 5.75 Å². The lowest BCUT2D eigenvalue weighted by Crippen LogP contribution is -2.42. The minimum atomic E-state index is -0.364. The maximum Gasteiger partial charge on any atom is 0.234 e. The molecule has 0 saturated carbocycles. The Morgan fingerprint density at radius 1 is 1.17 bits per heavy atom. The maximum absolute atomic E-state index is 11.7. The molecule has 0 aromatic heterocycles. The van der Waals surface area contributed by atoms with Gasteiger partial charge in [0, 0.05) is 6.04 Å². The smallest absolute Gasteiger partial charge is 0.234 e. The van der Waals surface area contributed by atoms with E-state index in [2.05, 4.69) is 17.4 Å². The minimum absolute atomic E-state index is 0.0124. The first-order valence-corrected chi connectivity index (χ1v) is 7.83. The molecule has 2 aromatic carbocycles. The van der Waals surface area contributed by atoms with Crippen molar-refractivity contribution in [2.45, 2.75) is 31.8 Å². The average molecular weight is 312 g/mol. The predicted molar refractivity (Wildman–Crippen MR) is 92.3 cm³/mol. The summed E-state index contributed by atoms with van der Waals surface area (Å²) in [6.07, 6.45) is 1.49. The van der Waals surface area contributed by atoms with Gasteiger partial charge in [-0.3, -0.25) is 10.1 Å². The van der Waals surface area contributed by atoms with Gasteiger partial charge in [0.1, 0.15) is 5.75 Å². The number of nitrogens with two attached hydrogens (primary N) is 1. The summed E-state index contributed by atoms with van der Waals surface area (Å²) >= 11 is 0. The van der Waals surface area contributed by atoms with Crippen LogP contribution in [0.1, 0.15) is 30.5 Å². The Hall–Kier alpha value is -2.33. The van der Waals surface area contributed by atoms with Crippen LogP contribution in [0, 0.1) is 0 Å². The summed E-state index contributed by atoms with van der Waals surface area (Å²) in [5.74, 6) is 0.478. The van der Waals surface area contributed by atoms with Gasteiger partial charge in [0.15, 0.2) is 0 Å². The molecular formula is C19H24N2O2. The number of methoxy groups -OCH3 is 1. The van der Waals surface area contributed by atoms with E-state index in [1.807, 2.05) is 49.4 Å². The fourth-order valence-corrected chi connectivity index (χ4v) is 2.57. The van der Waals surface area contributed by atoms with E-state index in [4.69, 9.17) is 10.5 Å². The van der Waals surface area contributed by atoms with E-state index in [-0.39, 0.29) is 18.0 Å². The highest BCUT2D eigenvalue weighted by Gasteiger charge is 2.18. The number of hydrogen-bond acceptors (Lipinski definition) is 3. The van der Waals surface area contributed by atoms with Crippen molar-refractivity contribution in [3.05, 3.63) is 65.7 Å². The molecule has 0 bridgehead atoms. The Kier molecular flexibility index (Phi) is 6.18. The molecule has 4 heteroatoms. The Morgan fingerprint density at radius 3 is 2.57 bits per heavy atom. The molecule has 2 atom stereocenters. The van der Waals surface area contributed by atoms with Crippen molar-refractivity contribution in [2.24, 2.45) is 5.73 Å². The number of hydrogen-bond donors (Lipinski definition) is 2. The third-order valence-electron chi connectivity index (χ3n) is 3.95. The average Bonchev–Trinajstić information content (AvgIpc) is 2.59. The van der Waals surface area contributed by atoms with Crippen molar-refractivity contribution in [2.75, 3.05) is 7.11 Å². The molecule has 0 fully saturated rings. The fourth-order valence-electron chi connectivity index (χ4n) is 2.57. The standard InChI is InChI=1S/C19H24N2O2/c1-14(16-9-6-10-17(13-16)23-2)21-18(19(20)22)12-11-15-7-4-3-5-8-15/h3-10,13-14,18,21H,11-12H2,1-2H3,(H2,20,22). The lowest BCUT2D eigenvalue weighted by molar-refractivity contribution is -0.120. The van der Waals surface area contributed by atoms with Gasteiger partial charge in [0.2, 0.25) is 5.91 Å². The summed E-state index contributed by atoms with van der Waals surface area (Å²) < 4.78 is 5.24. The molecule has 2 unspecified atom stereocenters. The van der Waals surface area contributed by atoms with Gasteiger partial charge in [-0.2, -0.15) is 0 Å². The number of ether oxygens (including phenoxy) is 1. The van der Waals surface area contributed by atoms with Crippen LogP contribution in [0.3, 0.4) is 0 Å². The van der Waals surface area contributed by atoms with Crippen LogP contribution in [-0.2, 0) is 11.2 Å². The molecule has 3 N–H and O–H groups in total. The molecule has 0 heterocycles. The van der Waals surface area contributed by atoms with E-state index in [0.29, 0.717) is 6.42 Å². The quantitative estimate of drug-likeness (QED) is 0.788. The second-order valence-corrected chi connectivity index (χ2v) is 5.64. The molecule has 2 aromatic rings. The zero-order chi connectivity index (χ0) is 16.7. The second-order valence-electron chi connectivity index (χ2n) is 5.64. The van der Waals surface area contributed by atoms with Crippen LogP contribution in [0.25, 0.3) is 0 Å².